The first kappa shape index (κ1) is 15.4. The summed E-state index contributed by atoms with van der Waals surface area (Å²) in [4.78, 5) is 24.2. The Kier molecular flexibility index (Phi) is 4.83. The van der Waals surface area contributed by atoms with E-state index in [1.807, 2.05) is 26.0 Å². The SMILES string of the molecule is CNC(=O)C(CC(C)C)NC(=O)c1ccc2c(c1)CCN2. The van der Waals surface area contributed by atoms with Crippen LogP contribution in [0.15, 0.2) is 18.2 Å². The molecule has 0 saturated heterocycles. The minimum absolute atomic E-state index is 0.153. The van der Waals surface area contributed by atoms with E-state index in [4.69, 9.17) is 0 Å². The van der Waals surface area contributed by atoms with Gasteiger partial charge in [0.05, 0.1) is 0 Å². The average Bonchev–Trinajstić information content (AvgIpc) is 2.92. The van der Waals surface area contributed by atoms with Gasteiger partial charge in [-0.2, -0.15) is 0 Å². The van der Waals surface area contributed by atoms with Crippen LogP contribution in [0.1, 0.15) is 36.2 Å². The molecule has 5 heteroatoms. The molecular weight excluding hydrogens is 266 g/mol. The van der Waals surface area contributed by atoms with Gasteiger partial charge >= 0.3 is 0 Å². The molecule has 1 heterocycles. The molecule has 1 atom stereocenters. The lowest BCUT2D eigenvalue weighted by atomic mass is 10.0. The number of rotatable bonds is 5. The zero-order valence-electron chi connectivity index (χ0n) is 12.8. The van der Waals surface area contributed by atoms with Crippen LogP contribution in [0, 0.1) is 5.92 Å². The highest BCUT2D eigenvalue weighted by atomic mass is 16.2. The van der Waals surface area contributed by atoms with E-state index in [2.05, 4.69) is 16.0 Å². The van der Waals surface area contributed by atoms with Crippen molar-refractivity contribution in [3.8, 4) is 0 Å². The fourth-order valence-corrected chi connectivity index (χ4v) is 2.56. The van der Waals surface area contributed by atoms with E-state index >= 15 is 0 Å². The Morgan fingerprint density at radius 1 is 1.33 bits per heavy atom. The molecule has 0 radical (unpaired) electrons. The molecule has 2 amide bonds. The first-order valence-electron chi connectivity index (χ1n) is 7.40. The minimum atomic E-state index is -0.492. The fraction of sp³-hybridized carbons (Fsp3) is 0.500. The van der Waals surface area contributed by atoms with Gasteiger partial charge in [-0.05, 0) is 42.5 Å². The van der Waals surface area contributed by atoms with E-state index in [0.29, 0.717) is 17.9 Å². The van der Waals surface area contributed by atoms with Gasteiger partial charge in [0.25, 0.3) is 5.91 Å². The second-order valence-corrected chi connectivity index (χ2v) is 5.82. The summed E-state index contributed by atoms with van der Waals surface area (Å²) in [7, 11) is 1.59. The number of carbonyl (C=O) groups is 2. The molecule has 3 N–H and O–H groups in total. The predicted molar refractivity (Wildman–Crippen MR) is 83.4 cm³/mol. The van der Waals surface area contributed by atoms with E-state index < -0.39 is 6.04 Å². The Labute approximate surface area is 125 Å². The standard InChI is InChI=1S/C16H23N3O2/c1-10(2)8-14(16(21)17-3)19-15(20)12-4-5-13-11(9-12)6-7-18-13/h4-5,9-10,14,18H,6-8H2,1-3H3,(H,17,21)(H,19,20). The smallest absolute Gasteiger partial charge is 0.251 e. The highest BCUT2D eigenvalue weighted by Crippen LogP contribution is 2.23. The number of nitrogens with one attached hydrogen (secondary N) is 3. The number of anilines is 1. The maximum absolute atomic E-state index is 12.3. The summed E-state index contributed by atoms with van der Waals surface area (Å²) in [5.41, 5.74) is 2.86. The molecular formula is C16H23N3O2. The largest absolute Gasteiger partial charge is 0.384 e. The monoisotopic (exact) mass is 289 g/mol. The van der Waals surface area contributed by atoms with Gasteiger partial charge in [0.2, 0.25) is 5.91 Å². The van der Waals surface area contributed by atoms with Crippen LogP contribution in [-0.4, -0.2) is 31.4 Å². The first-order chi connectivity index (χ1) is 10.0. The summed E-state index contributed by atoms with van der Waals surface area (Å²) < 4.78 is 0. The van der Waals surface area contributed by atoms with Crippen LogP contribution in [0.25, 0.3) is 0 Å². The van der Waals surface area contributed by atoms with E-state index in [9.17, 15) is 9.59 Å². The average molecular weight is 289 g/mol. The molecule has 1 unspecified atom stereocenters. The maximum atomic E-state index is 12.3. The second kappa shape index (κ2) is 6.61. The minimum Gasteiger partial charge on any atom is -0.384 e. The highest BCUT2D eigenvalue weighted by Gasteiger charge is 2.22. The molecule has 0 aliphatic carbocycles. The summed E-state index contributed by atoms with van der Waals surface area (Å²) in [5, 5.41) is 8.71. The van der Waals surface area contributed by atoms with Crippen molar-refractivity contribution in [3.05, 3.63) is 29.3 Å². The van der Waals surface area contributed by atoms with E-state index in [1.54, 1.807) is 13.1 Å². The zero-order chi connectivity index (χ0) is 15.4. The van der Waals surface area contributed by atoms with Crippen LogP contribution < -0.4 is 16.0 Å². The number of hydrogen-bond acceptors (Lipinski definition) is 3. The number of hydrogen-bond donors (Lipinski definition) is 3. The molecule has 0 fully saturated rings. The van der Waals surface area contributed by atoms with Crippen LogP contribution in [0.2, 0.25) is 0 Å². The van der Waals surface area contributed by atoms with Crippen molar-refractivity contribution >= 4 is 17.5 Å². The van der Waals surface area contributed by atoms with Crippen LogP contribution in [0.4, 0.5) is 5.69 Å². The Hall–Kier alpha value is -2.04. The van der Waals surface area contributed by atoms with Gasteiger partial charge in [-0.1, -0.05) is 13.8 Å². The molecule has 0 spiro atoms. The van der Waals surface area contributed by atoms with Crippen LogP contribution in [0.3, 0.4) is 0 Å². The molecule has 0 aromatic heterocycles. The Morgan fingerprint density at radius 3 is 2.76 bits per heavy atom. The second-order valence-electron chi connectivity index (χ2n) is 5.82. The van der Waals surface area contributed by atoms with E-state index in [0.717, 1.165) is 24.2 Å². The number of amides is 2. The van der Waals surface area contributed by atoms with E-state index in [1.165, 1.54) is 0 Å². The first-order valence-corrected chi connectivity index (χ1v) is 7.40. The lowest BCUT2D eigenvalue weighted by Gasteiger charge is -2.19. The van der Waals surface area contributed by atoms with Gasteiger partial charge in [0.1, 0.15) is 6.04 Å². The zero-order valence-corrected chi connectivity index (χ0v) is 12.8. The summed E-state index contributed by atoms with van der Waals surface area (Å²) >= 11 is 0. The Balaban J connectivity index is 2.09. The molecule has 21 heavy (non-hydrogen) atoms. The molecule has 0 bridgehead atoms. The lowest BCUT2D eigenvalue weighted by Crippen LogP contribution is -2.46. The number of likely N-dealkylation sites (N-methyl/N-ethyl adjacent to an activating group) is 1. The van der Waals surface area contributed by atoms with Crippen molar-refractivity contribution in [2.75, 3.05) is 18.9 Å². The van der Waals surface area contributed by atoms with Crippen LogP contribution >= 0.6 is 0 Å². The fourth-order valence-electron chi connectivity index (χ4n) is 2.56. The summed E-state index contributed by atoms with van der Waals surface area (Å²) in [6.45, 7) is 4.97. The third-order valence-electron chi connectivity index (χ3n) is 3.65. The normalized spacial score (nSPS) is 14.3. The number of fused-ring (bicyclic) bond motifs is 1. The third kappa shape index (κ3) is 3.74. The van der Waals surface area contributed by atoms with Crippen molar-refractivity contribution in [1.29, 1.82) is 0 Å². The van der Waals surface area contributed by atoms with Crippen LogP contribution in [-0.2, 0) is 11.2 Å². The van der Waals surface area contributed by atoms with Gasteiger partial charge in [-0.3, -0.25) is 9.59 Å². The van der Waals surface area contributed by atoms with Gasteiger partial charge < -0.3 is 16.0 Å². The number of benzene rings is 1. The summed E-state index contributed by atoms with van der Waals surface area (Å²) in [6.07, 6.45) is 1.55. The maximum Gasteiger partial charge on any atom is 0.251 e. The van der Waals surface area contributed by atoms with Gasteiger partial charge in [-0.25, -0.2) is 0 Å². The van der Waals surface area contributed by atoms with Crippen molar-refractivity contribution in [2.24, 2.45) is 5.92 Å². The third-order valence-corrected chi connectivity index (χ3v) is 3.65. The van der Waals surface area contributed by atoms with Crippen molar-refractivity contribution in [1.82, 2.24) is 10.6 Å². The van der Waals surface area contributed by atoms with Crippen molar-refractivity contribution < 1.29 is 9.59 Å². The quantitative estimate of drug-likeness (QED) is 0.770. The van der Waals surface area contributed by atoms with Crippen molar-refractivity contribution in [3.63, 3.8) is 0 Å². The van der Waals surface area contributed by atoms with Crippen LogP contribution in [0.5, 0.6) is 0 Å². The summed E-state index contributed by atoms with van der Waals surface area (Å²) in [5.74, 6) is -0.0179. The summed E-state index contributed by atoms with van der Waals surface area (Å²) in [6, 6.07) is 5.13. The van der Waals surface area contributed by atoms with Gasteiger partial charge in [-0.15, -0.1) is 0 Å². The highest BCUT2D eigenvalue weighted by molar-refractivity contribution is 5.98. The molecule has 1 aromatic carbocycles. The molecule has 5 nitrogen and oxygen atoms in total. The molecule has 114 valence electrons. The van der Waals surface area contributed by atoms with Gasteiger partial charge in [0.15, 0.2) is 0 Å². The molecule has 1 aromatic rings. The Bertz CT molecular complexity index is 540. The lowest BCUT2D eigenvalue weighted by molar-refractivity contribution is -0.122. The predicted octanol–water partition coefficient (Wildman–Crippen LogP) is 1.55. The van der Waals surface area contributed by atoms with Crippen molar-refractivity contribution in [2.45, 2.75) is 32.7 Å². The van der Waals surface area contributed by atoms with E-state index in [-0.39, 0.29) is 11.8 Å². The van der Waals surface area contributed by atoms with Gasteiger partial charge in [0, 0.05) is 24.8 Å². The molecule has 2 rings (SSSR count). The molecule has 0 saturated carbocycles. The topological polar surface area (TPSA) is 70.2 Å². The Morgan fingerprint density at radius 2 is 2.10 bits per heavy atom. The molecule has 1 aliphatic rings. The molecule has 1 aliphatic heterocycles. The number of carbonyl (C=O) groups excluding carboxylic acids is 2.